The topological polar surface area (TPSA) is 36.0 Å². The van der Waals surface area contributed by atoms with Gasteiger partial charge in [-0.05, 0) is 77.7 Å². The Morgan fingerprint density at radius 1 is 1.00 bits per heavy atom. The van der Waals surface area contributed by atoms with Gasteiger partial charge in [0.05, 0.1) is 5.92 Å². The molecule has 0 spiro atoms. The first-order valence-corrected chi connectivity index (χ1v) is 11.5. The fourth-order valence-electron chi connectivity index (χ4n) is 5.72. The van der Waals surface area contributed by atoms with Gasteiger partial charge in [0.1, 0.15) is 6.61 Å². The number of likely N-dealkylation sites (N-methyl/N-ethyl adjacent to an activating group) is 1. The molecular formula is C22H41N3O2. The largest absolute Gasteiger partial charge is 0.464 e. The summed E-state index contributed by atoms with van der Waals surface area (Å²) in [4.78, 5) is 20.3. The van der Waals surface area contributed by atoms with Gasteiger partial charge < -0.3 is 14.5 Å². The van der Waals surface area contributed by atoms with E-state index < -0.39 is 0 Å². The molecule has 5 nitrogen and oxygen atoms in total. The minimum atomic E-state index is 0.0603. The first kappa shape index (κ1) is 21.1. The molecule has 0 aromatic rings. The van der Waals surface area contributed by atoms with Crippen molar-refractivity contribution in [2.75, 3.05) is 52.9 Å². The molecular weight excluding hydrogens is 338 g/mol. The van der Waals surface area contributed by atoms with E-state index in [2.05, 4.69) is 35.6 Å². The number of rotatable bonds is 7. The minimum Gasteiger partial charge on any atom is -0.464 e. The van der Waals surface area contributed by atoms with E-state index in [4.69, 9.17) is 4.74 Å². The molecule has 0 radical (unpaired) electrons. The van der Waals surface area contributed by atoms with Gasteiger partial charge >= 0.3 is 5.97 Å². The van der Waals surface area contributed by atoms with E-state index in [0.717, 1.165) is 44.4 Å². The smallest absolute Gasteiger partial charge is 0.310 e. The second-order valence-corrected chi connectivity index (χ2v) is 8.89. The van der Waals surface area contributed by atoms with Gasteiger partial charge in [-0.2, -0.15) is 0 Å². The highest BCUT2D eigenvalue weighted by Gasteiger charge is 2.42. The van der Waals surface area contributed by atoms with Crippen molar-refractivity contribution in [3.63, 3.8) is 0 Å². The lowest BCUT2D eigenvalue weighted by Crippen LogP contribution is -2.56. The highest BCUT2D eigenvalue weighted by Crippen LogP contribution is 2.37. The van der Waals surface area contributed by atoms with Crippen molar-refractivity contribution in [1.29, 1.82) is 0 Å². The molecule has 0 aromatic heterocycles. The van der Waals surface area contributed by atoms with Crippen LogP contribution in [0.4, 0.5) is 0 Å². The number of likely N-dealkylation sites (tertiary alicyclic amines) is 1. The second-order valence-electron chi connectivity index (χ2n) is 8.89. The van der Waals surface area contributed by atoms with E-state index in [9.17, 15) is 4.79 Å². The summed E-state index contributed by atoms with van der Waals surface area (Å²) in [5.41, 5.74) is 0. The Balaban J connectivity index is 1.51. The number of carbonyl (C=O) groups is 1. The highest BCUT2D eigenvalue weighted by atomic mass is 16.5. The van der Waals surface area contributed by atoms with E-state index in [1.807, 2.05) is 0 Å². The molecule has 4 unspecified atom stereocenters. The maximum absolute atomic E-state index is 12.8. The molecule has 3 heterocycles. The molecule has 27 heavy (non-hydrogen) atoms. The Morgan fingerprint density at radius 3 is 2.56 bits per heavy atom. The van der Waals surface area contributed by atoms with E-state index in [-0.39, 0.29) is 11.9 Å². The van der Waals surface area contributed by atoms with Gasteiger partial charge in [0.15, 0.2) is 0 Å². The summed E-state index contributed by atoms with van der Waals surface area (Å²) in [6, 6.07) is 1.17. The molecule has 3 saturated heterocycles. The zero-order chi connectivity index (χ0) is 19.2. The predicted molar refractivity (Wildman–Crippen MR) is 110 cm³/mol. The summed E-state index contributed by atoms with van der Waals surface area (Å²) in [5.74, 6) is 0.939. The molecule has 0 amide bonds. The number of esters is 1. The Hall–Kier alpha value is -0.650. The number of hydrogen-bond acceptors (Lipinski definition) is 5. The highest BCUT2D eigenvalue weighted by molar-refractivity contribution is 5.73. The normalized spacial score (nSPS) is 33.0. The van der Waals surface area contributed by atoms with Crippen molar-refractivity contribution >= 4 is 5.97 Å². The van der Waals surface area contributed by atoms with Crippen molar-refractivity contribution in [1.82, 2.24) is 14.7 Å². The SMILES string of the molecule is CCN(CC)CCOC(=O)C1CCCN2CC(C3CCCCN3C)CCC12. The van der Waals surface area contributed by atoms with E-state index in [1.54, 1.807) is 0 Å². The molecule has 5 heteroatoms. The maximum atomic E-state index is 12.8. The first-order valence-electron chi connectivity index (χ1n) is 11.5. The average Bonchev–Trinajstić information content (AvgIpc) is 2.70. The molecule has 3 fully saturated rings. The Morgan fingerprint density at radius 2 is 1.81 bits per heavy atom. The second kappa shape index (κ2) is 10.2. The van der Waals surface area contributed by atoms with Gasteiger partial charge in [0.25, 0.3) is 0 Å². The molecule has 4 atom stereocenters. The Labute approximate surface area is 166 Å². The van der Waals surface area contributed by atoms with Crippen molar-refractivity contribution in [3.05, 3.63) is 0 Å². The van der Waals surface area contributed by atoms with E-state index in [0.29, 0.717) is 12.6 Å². The lowest BCUT2D eigenvalue weighted by molar-refractivity contribution is -0.155. The molecule has 3 rings (SSSR count). The molecule has 3 aliphatic heterocycles. The van der Waals surface area contributed by atoms with Crippen LogP contribution in [-0.2, 0) is 9.53 Å². The van der Waals surface area contributed by atoms with Crippen LogP contribution in [0.2, 0.25) is 0 Å². The van der Waals surface area contributed by atoms with Crippen LogP contribution in [0, 0.1) is 11.8 Å². The van der Waals surface area contributed by atoms with Crippen molar-refractivity contribution in [2.45, 2.75) is 70.9 Å². The van der Waals surface area contributed by atoms with Crippen LogP contribution in [0.1, 0.15) is 58.8 Å². The lowest BCUT2D eigenvalue weighted by atomic mass is 9.77. The van der Waals surface area contributed by atoms with Crippen molar-refractivity contribution < 1.29 is 9.53 Å². The first-order chi connectivity index (χ1) is 13.1. The van der Waals surface area contributed by atoms with Crippen LogP contribution in [0.25, 0.3) is 0 Å². The van der Waals surface area contributed by atoms with Gasteiger partial charge in [-0.1, -0.05) is 20.3 Å². The van der Waals surface area contributed by atoms with Crippen LogP contribution >= 0.6 is 0 Å². The quantitative estimate of drug-likeness (QED) is 0.636. The van der Waals surface area contributed by atoms with Crippen LogP contribution in [-0.4, -0.2) is 85.7 Å². The summed E-state index contributed by atoms with van der Waals surface area (Å²) in [7, 11) is 2.31. The molecule has 0 saturated carbocycles. The maximum Gasteiger partial charge on any atom is 0.310 e. The third-order valence-electron chi connectivity index (χ3n) is 7.42. The number of fused-ring (bicyclic) bond motifs is 1. The number of piperidine rings is 3. The predicted octanol–water partition coefficient (Wildman–Crippen LogP) is 2.85. The number of hydrogen-bond donors (Lipinski definition) is 0. The third-order valence-corrected chi connectivity index (χ3v) is 7.42. The summed E-state index contributed by atoms with van der Waals surface area (Å²) >= 11 is 0. The fraction of sp³-hybridized carbons (Fsp3) is 0.955. The summed E-state index contributed by atoms with van der Waals surface area (Å²) in [5, 5.41) is 0. The van der Waals surface area contributed by atoms with Crippen molar-refractivity contribution in [3.8, 4) is 0 Å². The van der Waals surface area contributed by atoms with Gasteiger partial charge in [-0.3, -0.25) is 9.69 Å². The molecule has 156 valence electrons. The molecule has 0 aliphatic carbocycles. The number of carbonyl (C=O) groups excluding carboxylic acids is 1. The van der Waals surface area contributed by atoms with Gasteiger partial charge in [-0.15, -0.1) is 0 Å². The lowest BCUT2D eigenvalue weighted by Gasteiger charge is -2.49. The van der Waals surface area contributed by atoms with Gasteiger partial charge in [0, 0.05) is 25.2 Å². The summed E-state index contributed by atoms with van der Waals surface area (Å²) in [6.45, 7) is 11.4. The third kappa shape index (κ3) is 5.24. The van der Waals surface area contributed by atoms with E-state index in [1.165, 1.54) is 51.7 Å². The van der Waals surface area contributed by atoms with E-state index >= 15 is 0 Å². The zero-order valence-corrected chi connectivity index (χ0v) is 17.9. The molecule has 3 aliphatic rings. The number of nitrogens with zero attached hydrogens (tertiary/aromatic N) is 3. The molecule has 0 bridgehead atoms. The van der Waals surface area contributed by atoms with Crippen LogP contribution in [0.15, 0.2) is 0 Å². The van der Waals surface area contributed by atoms with Crippen LogP contribution in [0.3, 0.4) is 0 Å². The van der Waals surface area contributed by atoms with Crippen LogP contribution in [0.5, 0.6) is 0 Å². The summed E-state index contributed by atoms with van der Waals surface area (Å²) < 4.78 is 5.71. The van der Waals surface area contributed by atoms with Gasteiger partial charge in [-0.25, -0.2) is 0 Å². The Kier molecular flexibility index (Phi) is 7.97. The molecule has 0 N–H and O–H groups in total. The standard InChI is InChI=1S/C22H41N3O2/c1-4-24(5-2)15-16-27-22(26)19-9-8-14-25-17-18(11-12-21(19)25)20-10-6-7-13-23(20)3/h18-21H,4-17H2,1-3H3. The fourth-order valence-corrected chi connectivity index (χ4v) is 5.72. The Bertz CT molecular complexity index is 468. The summed E-state index contributed by atoms with van der Waals surface area (Å²) in [6.07, 6.45) is 8.70. The molecule has 0 aromatic carbocycles. The number of ether oxygens (including phenoxy) is 1. The monoisotopic (exact) mass is 379 g/mol. The average molecular weight is 380 g/mol. The van der Waals surface area contributed by atoms with Crippen molar-refractivity contribution in [2.24, 2.45) is 11.8 Å². The zero-order valence-electron chi connectivity index (χ0n) is 17.9. The van der Waals surface area contributed by atoms with Crippen LogP contribution < -0.4 is 0 Å². The minimum absolute atomic E-state index is 0.0603. The van der Waals surface area contributed by atoms with Gasteiger partial charge in [0.2, 0.25) is 0 Å².